The summed E-state index contributed by atoms with van der Waals surface area (Å²) in [5, 5.41) is 11.5. The fourth-order valence-corrected chi connectivity index (χ4v) is 5.06. The topological polar surface area (TPSA) is 92.3 Å². The summed E-state index contributed by atoms with van der Waals surface area (Å²) in [6.07, 6.45) is 3.40. The van der Waals surface area contributed by atoms with E-state index in [1.54, 1.807) is 31.2 Å². The highest BCUT2D eigenvalue weighted by atomic mass is 35.5. The van der Waals surface area contributed by atoms with Crippen LogP contribution >= 0.6 is 34.7 Å². The Labute approximate surface area is 178 Å². The van der Waals surface area contributed by atoms with Crippen LogP contribution in [0.15, 0.2) is 35.2 Å². The Balaban J connectivity index is 1.95. The van der Waals surface area contributed by atoms with E-state index in [2.05, 4.69) is 22.1 Å². The first-order valence-corrected chi connectivity index (χ1v) is 12.3. The predicted octanol–water partition coefficient (Wildman–Crippen LogP) is 3.96. The summed E-state index contributed by atoms with van der Waals surface area (Å²) in [7, 11) is -3.51. The molecule has 0 saturated carbocycles. The lowest BCUT2D eigenvalue weighted by atomic mass is 10.2. The van der Waals surface area contributed by atoms with Crippen molar-refractivity contribution in [2.24, 2.45) is 0 Å². The van der Waals surface area contributed by atoms with Gasteiger partial charge in [-0.25, -0.2) is 8.42 Å². The van der Waals surface area contributed by atoms with Crippen molar-refractivity contribution in [3.63, 3.8) is 0 Å². The largest absolute Gasteiger partial charge is 0.301 e. The van der Waals surface area contributed by atoms with Gasteiger partial charge >= 0.3 is 0 Å². The van der Waals surface area contributed by atoms with Crippen molar-refractivity contribution in [3.8, 4) is 0 Å². The van der Waals surface area contributed by atoms with E-state index < -0.39 is 10.0 Å². The second-order valence-corrected chi connectivity index (χ2v) is 10.4. The highest BCUT2D eigenvalue weighted by Gasteiger charge is 2.20. The van der Waals surface area contributed by atoms with Crippen molar-refractivity contribution < 1.29 is 13.2 Å². The third-order valence-electron chi connectivity index (χ3n) is 3.65. The molecule has 0 spiro atoms. The van der Waals surface area contributed by atoms with Gasteiger partial charge in [-0.05, 0) is 31.0 Å². The number of carbonyl (C=O) groups is 1. The highest BCUT2D eigenvalue weighted by Crippen LogP contribution is 2.29. The number of benzene rings is 1. The van der Waals surface area contributed by atoms with E-state index in [4.69, 9.17) is 11.6 Å². The number of nitrogens with one attached hydrogen (secondary N) is 1. The van der Waals surface area contributed by atoms with E-state index in [0.717, 1.165) is 10.6 Å². The third kappa shape index (κ3) is 6.47. The Bertz CT molecular complexity index is 947. The fraction of sp³-hybridized carbons (Fsp3) is 0.353. The molecule has 2 aromatic rings. The molecule has 152 valence electrons. The molecule has 0 fully saturated rings. The molecule has 1 N–H and O–H groups in total. The molecule has 0 atom stereocenters. The van der Waals surface area contributed by atoms with Gasteiger partial charge in [-0.1, -0.05) is 46.8 Å². The number of thioether (sulfide) groups is 1. The van der Waals surface area contributed by atoms with Gasteiger partial charge in [0.05, 0.1) is 11.9 Å². The van der Waals surface area contributed by atoms with E-state index in [0.29, 0.717) is 33.6 Å². The third-order valence-corrected chi connectivity index (χ3v) is 7.21. The monoisotopic (exact) mass is 460 g/mol. The van der Waals surface area contributed by atoms with Crippen LogP contribution in [-0.2, 0) is 14.8 Å². The molecule has 0 radical (unpaired) electrons. The maximum Gasteiger partial charge on any atom is 0.232 e. The molecule has 1 heterocycles. The molecule has 0 aliphatic heterocycles. The van der Waals surface area contributed by atoms with Crippen LogP contribution in [-0.4, -0.2) is 43.1 Å². The summed E-state index contributed by atoms with van der Waals surface area (Å²) in [6, 6.07) is 5.11. The Kier molecular flexibility index (Phi) is 8.29. The fourth-order valence-electron chi connectivity index (χ4n) is 2.35. The number of hydrogen-bond acceptors (Lipinski definition) is 7. The van der Waals surface area contributed by atoms with E-state index in [1.165, 1.54) is 27.4 Å². The second-order valence-electron chi connectivity index (χ2n) is 5.84. The molecule has 7 nitrogen and oxygen atoms in total. The lowest BCUT2D eigenvalue weighted by molar-refractivity contribution is -0.116. The minimum Gasteiger partial charge on any atom is -0.301 e. The van der Waals surface area contributed by atoms with Gasteiger partial charge in [0.1, 0.15) is 0 Å². The first-order valence-electron chi connectivity index (χ1n) is 8.32. The summed E-state index contributed by atoms with van der Waals surface area (Å²) >= 11 is 8.88. The van der Waals surface area contributed by atoms with Crippen LogP contribution < -0.4 is 9.62 Å². The number of halogens is 1. The normalized spacial score (nSPS) is 11.2. The van der Waals surface area contributed by atoms with Gasteiger partial charge in [0.2, 0.25) is 21.1 Å². The Morgan fingerprint density at radius 2 is 2.18 bits per heavy atom. The smallest absolute Gasteiger partial charge is 0.232 e. The molecular weight excluding hydrogens is 440 g/mol. The molecule has 2 rings (SSSR count). The number of rotatable bonds is 10. The number of anilines is 2. The van der Waals surface area contributed by atoms with Crippen molar-refractivity contribution in [1.82, 2.24) is 10.2 Å². The van der Waals surface area contributed by atoms with Crippen LogP contribution in [0, 0.1) is 6.92 Å². The molecule has 0 aliphatic rings. The van der Waals surface area contributed by atoms with Crippen LogP contribution in [0.3, 0.4) is 0 Å². The molecule has 0 aliphatic carbocycles. The number of nitrogens with zero attached hydrogens (tertiary/aromatic N) is 3. The van der Waals surface area contributed by atoms with Crippen LogP contribution in [0.5, 0.6) is 0 Å². The summed E-state index contributed by atoms with van der Waals surface area (Å²) in [4.78, 5) is 12.1. The quantitative estimate of drug-likeness (QED) is 0.327. The maximum atomic E-state index is 12.2. The predicted molar refractivity (Wildman–Crippen MR) is 117 cm³/mol. The molecule has 11 heteroatoms. The number of hydrogen-bond donors (Lipinski definition) is 1. The molecule has 0 bridgehead atoms. The second kappa shape index (κ2) is 10.2. The van der Waals surface area contributed by atoms with Crippen molar-refractivity contribution in [2.45, 2.75) is 24.1 Å². The van der Waals surface area contributed by atoms with Crippen molar-refractivity contribution >= 4 is 61.4 Å². The molecule has 1 aromatic heterocycles. The van der Waals surface area contributed by atoms with Crippen LogP contribution in [0.25, 0.3) is 0 Å². The van der Waals surface area contributed by atoms with E-state index >= 15 is 0 Å². The number of amides is 1. The molecule has 1 amide bonds. The van der Waals surface area contributed by atoms with Gasteiger partial charge in [0.15, 0.2) is 4.34 Å². The minimum absolute atomic E-state index is 0.153. The Morgan fingerprint density at radius 1 is 1.43 bits per heavy atom. The zero-order valence-electron chi connectivity index (χ0n) is 15.5. The lowest BCUT2D eigenvalue weighted by Gasteiger charge is -2.24. The minimum atomic E-state index is -3.51. The average molecular weight is 461 g/mol. The maximum absolute atomic E-state index is 12.2. The summed E-state index contributed by atoms with van der Waals surface area (Å²) < 4.78 is 26.4. The highest BCUT2D eigenvalue weighted by molar-refractivity contribution is 8.01. The van der Waals surface area contributed by atoms with Gasteiger partial charge in [-0.3, -0.25) is 9.10 Å². The van der Waals surface area contributed by atoms with Crippen LogP contribution in [0.1, 0.15) is 18.4 Å². The van der Waals surface area contributed by atoms with Crippen molar-refractivity contribution in [2.75, 3.05) is 28.2 Å². The van der Waals surface area contributed by atoms with Crippen molar-refractivity contribution in [1.29, 1.82) is 0 Å². The number of carbonyl (C=O) groups excluding carboxylic acids is 1. The van der Waals surface area contributed by atoms with Gasteiger partial charge < -0.3 is 5.32 Å². The first-order chi connectivity index (χ1) is 13.2. The summed E-state index contributed by atoms with van der Waals surface area (Å²) in [6.45, 7) is 5.57. The SMILES string of the molecule is C=CCSc1nnc(NC(=O)CCCN(c2cccc(Cl)c2C)S(C)(=O)=O)s1. The Morgan fingerprint density at radius 3 is 2.86 bits per heavy atom. The van der Waals surface area contributed by atoms with Gasteiger partial charge in [-0.2, -0.15) is 0 Å². The zero-order valence-corrected chi connectivity index (χ0v) is 18.7. The molecular formula is C17H21ClN4O3S3. The van der Waals surface area contributed by atoms with Gasteiger partial charge in [-0.15, -0.1) is 16.8 Å². The number of aromatic nitrogens is 2. The molecule has 1 aromatic carbocycles. The molecule has 0 unspecified atom stereocenters. The van der Waals surface area contributed by atoms with E-state index in [1.807, 2.05) is 0 Å². The van der Waals surface area contributed by atoms with E-state index in [-0.39, 0.29) is 18.9 Å². The standard InChI is InChI=1S/C17H21ClN4O3S3/c1-4-11-26-17-21-20-16(27-17)19-15(23)9-6-10-22(28(3,24)25)14-8-5-7-13(18)12(14)2/h4-5,7-8H,1,6,9-11H2,2-3H3,(H,19,20,23). The van der Waals surface area contributed by atoms with Crippen molar-refractivity contribution in [3.05, 3.63) is 41.4 Å². The first kappa shape index (κ1) is 22.7. The average Bonchev–Trinajstić information content (AvgIpc) is 3.06. The Hall–Kier alpha value is -1.62. The lowest BCUT2D eigenvalue weighted by Crippen LogP contribution is -2.32. The molecule has 0 saturated heterocycles. The zero-order chi connectivity index (χ0) is 20.7. The van der Waals surface area contributed by atoms with Crippen LogP contribution in [0.2, 0.25) is 5.02 Å². The van der Waals surface area contributed by atoms with Crippen LogP contribution in [0.4, 0.5) is 10.8 Å². The number of sulfonamides is 1. The summed E-state index contributed by atoms with van der Waals surface area (Å²) in [5.74, 6) is 0.472. The molecule has 28 heavy (non-hydrogen) atoms. The van der Waals surface area contributed by atoms with E-state index in [9.17, 15) is 13.2 Å². The summed E-state index contributed by atoms with van der Waals surface area (Å²) in [5.41, 5.74) is 1.20. The van der Waals surface area contributed by atoms with Gasteiger partial charge in [0, 0.05) is 23.7 Å². The van der Waals surface area contributed by atoms with Gasteiger partial charge in [0.25, 0.3) is 0 Å².